The van der Waals surface area contributed by atoms with Gasteiger partial charge < -0.3 is 20.1 Å². The molecule has 0 atom stereocenters. The summed E-state index contributed by atoms with van der Waals surface area (Å²) in [6.45, 7) is 9.48. The number of ether oxygens (including phenoxy) is 1. The Morgan fingerprint density at radius 3 is 2.23 bits per heavy atom. The van der Waals surface area contributed by atoms with Gasteiger partial charge in [-0.2, -0.15) is 0 Å². The van der Waals surface area contributed by atoms with Gasteiger partial charge >= 0.3 is 5.97 Å². The van der Waals surface area contributed by atoms with E-state index in [1.165, 1.54) is 6.07 Å². The SMILES string of the molecule is CCC(=O)Oc1cc(O)c(O)c(CC)c1-c1ccc(O)c(C(C)(C)C)c1. The van der Waals surface area contributed by atoms with Gasteiger partial charge in [-0.3, -0.25) is 4.79 Å². The molecule has 0 heterocycles. The molecule has 0 unspecified atom stereocenters. The summed E-state index contributed by atoms with van der Waals surface area (Å²) in [6, 6.07) is 6.37. The highest BCUT2D eigenvalue weighted by Crippen LogP contribution is 2.45. The second-order valence-electron chi connectivity index (χ2n) is 7.26. The van der Waals surface area contributed by atoms with Crippen LogP contribution in [0, 0.1) is 0 Å². The van der Waals surface area contributed by atoms with Crippen LogP contribution in [0.4, 0.5) is 0 Å². The minimum atomic E-state index is -0.437. The minimum Gasteiger partial charge on any atom is -0.508 e. The molecule has 2 aromatic carbocycles. The average molecular weight is 358 g/mol. The number of phenolic OH excluding ortho intramolecular Hbond substituents is 3. The molecule has 2 rings (SSSR count). The Morgan fingerprint density at radius 1 is 1.04 bits per heavy atom. The molecule has 3 N–H and O–H groups in total. The lowest BCUT2D eigenvalue weighted by Gasteiger charge is -2.23. The molecule has 0 aliphatic rings. The Bertz CT molecular complexity index is 831. The summed E-state index contributed by atoms with van der Waals surface area (Å²) < 4.78 is 5.41. The van der Waals surface area contributed by atoms with Crippen molar-refractivity contribution < 1.29 is 24.9 Å². The standard InChI is InChI=1S/C21H26O5/c1-6-13-19(12-8-9-15(22)14(10-12)21(3,4)5)17(26-18(24)7-2)11-16(23)20(13)25/h8-11,22-23,25H,6-7H2,1-5H3. The molecule has 0 saturated heterocycles. The maximum absolute atomic E-state index is 11.8. The molecular formula is C21H26O5. The number of benzene rings is 2. The number of esters is 1. The predicted molar refractivity (Wildman–Crippen MR) is 101 cm³/mol. The molecule has 0 saturated carbocycles. The highest BCUT2D eigenvalue weighted by atomic mass is 16.5. The minimum absolute atomic E-state index is 0.175. The quantitative estimate of drug-likeness (QED) is 0.421. The molecule has 2 aromatic rings. The summed E-state index contributed by atoms with van der Waals surface area (Å²) >= 11 is 0. The zero-order chi connectivity index (χ0) is 19.6. The first-order valence-electron chi connectivity index (χ1n) is 8.72. The van der Waals surface area contributed by atoms with E-state index < -0.39 is 5.97 Å². The average Bonchev–Trinajstić information content (AvgIpc) is 2.57. The van der Waals surface area contributed by atoms with Crippen LogP contribution in [-0.2, 0) is 16.6 Å². The van der Waals surface area contributed by atoms with Gasteiger partial charge in [0.05, 0.1) is 0 Å². The number of carbonyl (C=O) groups excluding carboxylic acids is 1. The lowest BCUT2D eigenvalue weighted by atomic mass is 9.84. The fourth-order valence-electron chi connectivity index (χ4n) is 2.91. The summed E-state index contributed by atoms with van der Waals surface area (Å²) in [5, 5.41) is 30.5. The van der Waals surface area contributed by atoms with E-state index in [9.17, 15) is 20.1 Å². The van der Waals surface area contributed by atoms with Crippen LogP contribution in [0.15, 0.2) is 24.3 Å². The van der Waals surface area contributed by atoms with Crippen molar-refractivity contribution >= 4 is 5.97 Å². The van der Waals surface area contributed by atoms with Crippen molar-refractivity contribution in [1.29, 1.82) is 0 Å². The largest absolute Gasteiger partial charge is 0.508 e. The Hall–Kier alpha value is -2.69. The van der Waals surface area contributed by atoms with E-state index in [-0.39, 0.29) is 34.8 Å². The third-order valence-corrected chi connectivity index (χ3v) is 4.30. The van der Waals surface area contributed by atoms with Crippen molar-refractivity contribution in [1.82, 2.24) is 0 Å². The molecule has 0 spiro atoms. The van der Waals surface area contributed by atoms with Gasteiger partial charge in [0.25, 0.3) is 0 Å². The highest BCUT2D eigenvalue weighted by Gasteiger charge is 2.24. The summed E-state index contributed by atoms with van der Waals surface area (Å²) in [4.78, 5) is 11.8. The maximum atomic E-state index is 11.8. The first-order valence-corrected chi connectivity index (χ1v) is 8.72. The number of hydrogen-bond acceptors (Lipinski definition) is 5. The fraction of sp³-hybridized carbons (Fsp3) is 0.381. The Labute approximate surface area is 153 Å². The van der Waals surface area contributed by atoms with Crippen LogP contribution < -0.4 is 4.74 Å². The van der Waals surface area contributed by atoms with Gasteiger partial charge in [0.15, 0.2) is 11.5 Å². The van der Waals surface area contributed by atoms with Crippen LogP contribution in [0.25, 0.3) is 11.1 Å². The summed E-state index contributed by atoms with van der Waals surface area (Å²) in [7, 11) is 0. The van der Waals surface area contributed by atoms with Crippen LogP contribution in [0.5, 0.6) is 23.0 Å². The molecule has 0 aromatic heterocycles. The van der Waals surface area contributed by atoms with Crippen LogP contribution >= 0.6 is 0 Å². The van der Waals surface area contributed by atoms with E-state index in [1.807, 2.05) is 33.8 Å². The smallest absolute Gasteiger partial charge is 0.310 e. The predicted octanol–water partition coefficient (Wildman–Crippen LogP) is 4.65. The van der Waals surface area contributed by atoms with E-state index in [4.69, 9.17) is 4.74 Å². The van der Waals surface area contributed by atoms with Gasteiger partial charge in [-0.1, -0.05) is 40.7 Å². The summed E-state index contributed by atoms with van der Waals surface area (Å²) in [6.07, 6.45) is 0.614. The highest BCUT2D eigenvalue weighted by molar-refractivity contribution is 5.83. The van der Waals surface area contributed by atoms with E-state index in [0.29, 0.717) is 23.1 Å². The maximum Gasteiger partial charge on any atom is 0.310 e. The van der Waals surface area contributed by atoms with E-state index in [2.05, 4.69) is 0 Å². The molecule has 0 amide bonds. The number of carbonyl (C=O) groups is 1. The Morgan fingerprint density at radius 2 is 1.69 bits per heavy atom. The number of phenols is 3. The molecule has 0 radical (unpaired) electrons. The zero-order valence-corrected chi connectivity index (χ0v) is 15.9. The van der Waals surface area contributed by atoms with Crippen molar-refractivity contribution in [3.05, 3.63) is 35.4 Å². The molecule has 5 nitrogen and oxygen atoms in total. The lowest BCUT2D eigenvalue weighted by molar-refractivity contribution is -0.133. The first-order chi connectivity index (χ1) is 12.1. The van der Waals surface area contributed by atoms with Crippen molar-refractivity contribution in [2.75, 3.05) is 0 Å². The topological polar surface area (TPSA) is 87.0 Å². The lowest BCUT2D eigenvalue weighted by Crippen LogP contribution is -2.12. The molecule has 0 aliphatic heterocycles. The van der Waals surface area contributed by atoms with Gasteiger partial charge in [-0.05, 0) is 35.1 Å². The second-order valence-corrected chi connectivity index (χ2v) is 7.26. The van der Waals surface area contributed by atoms with Gasteiger partial charge in [-0.15, -0.1) is 0 Å². The summed E-state index contributed by atoms with van der Waals surface area (Å²) in [5.41, 5.74) is 2.15. The van der Waals surface area contributed by atoms with Crippen LogP contribution in [0.1, 0.15) is 52.2 Å². The zero-order valence-electron chi connectivity index (χ0n) is 15.9. The van der Waals surface area contributed by atoms with Crippen molar-refractivity contribution in [2.45, 2.75) is 52.9 Å². The fourth-order valence-corrected chi connectivity index (χ4v) is 2.91. The third-order valence-electron chi connectivity index (χ3n) is 4.30. The first kappa shape index (κ1) is 19.6. The molecule has 5 heteroatoms. The molecule has 0 fully saturated rings. The van der Waals surface area contributed by atoms with E-state index in [0.717, 1.165) is 5.56 Å². The van der Waals surface area contributed by atoms with E-state index >= 15 is 0 Å². The van der Waals surface area contributed by atoms with Gasteiger partial charge in [0.2, 0.25) is 0 Å². The Kier molecular flexibility index (Phi) is 5.50. The summed E-state index contributed by atoms with van der Waals surface area (Å²) in [5.74, 6) is -0.638. The van der Waals surface area contributed by atoms with Gasteiger partial charge in [0.1, 0.15) is 11.5 Å². The molecule has 26 heavy (non-hydrogen) atoms. The third kappa shape index (κ3) is 3.77. The Balaban J connectivity index is 2.79. The number of aromatic hydroxyl groups is 3. The van der Waals surface area contributed by atoms with Gasteiger partial charge in [-0.25, -0.2) is 0 Å². The second kappa shape index (κ2) is 7.28. The van der Waals surface area contributed by atoms with Crippen LogP contribution in [0.3, 0.4) is 0 Å². The van der Waals surface area contributed by atoms with Crippen LogP contribution in [-0.4, -0.2) is 21.3 Å². The van der Waals surface area contributed by atoms with Crippen molar-refractivity contribution in [3.63, 3.8) is 0 Å². The monoisotopic (exact) mass is 358 g/mol. The van der Waals surface area contributed by atoms with E-state index in [1.54, 1.807) is 19.1 Å². The molecule has 0 bridgehead atoms. The van der Waals surface area contributed by atoms with Gasteiger partial charge in [0, 0.05) is 23.6 Å². The number of rotatable bonds is 4. The molecular weight excluding hydrogens is 332 g/mol. The number of hydrogen-bond donors (Lipinski definition) is 3. The molecule has 0 aliphatic carbocycles. The normalized spacial score (nSPS) is 11.4. The van der Waals surface area contributed by atoms with Crippen LogP contribution in [0.2, 0.25) is 0 Å². The van der Waals surface area contributed by atoms with Crippen molar-refractivity contribution in [3.8, 4) is 34.1 Å². The van der Waals surface area contributed by atoms with Crippen molar-refractivity contribution in [2.24, 2.45) is 0 Å². The molecule has 140 valence electrons.